The fourth-order valence-electron chi connectivity index (χ4n) is 1.39. The quantitative estimate of drug-likeness (QED) is 0.861. The summed E-state index contributed by atoms with van der Waals surface area (Å²) in [5, 5.41) is 9.25. The Morgan fingerprint density at radius 1 is 1.00 bits per heavy atom. The molecule has 0 fully saturated rings. The molecular formula is C13H11NO3S. The van der Waals surface area contributed by atoms with Crippen molar-refractivity contribution in [3.63, 3.8) is 0 Å². The molecule has 0 aromatic heterocycles. The van der Waals surface area contributed by atoms with Crippen LogP contribution in [-0.4, -0.2) is 19.7 Å². The summed E-state index contributed by atoms with van der Waals surface area (Å²) < 4.78 is 27.2. The lowest BCUT2D eigenvalue weighted by Crippen LogP contribution is -1.97. The third-order valence-electron chi connectivity index (χ3n) is 2.25. The highest BCUT2D eigenvalue weighted by Crippen LogP contribution is 2.13. The van der Waals surface area contributed by atoms with Gasteiger partial charge in [0.1, 0.15) is 5.75 Å². The van der Waals surface area contributed by atoms with Gasteiger partial charge in [-0.2, -0.15) is 12.8 Å². The van der Waals surface area contributed by atoms with Crippen molar-refractivity contribution in [1.82, 2.24) is 0 Å². The van der Waals surface area contributed by atoms with Crippen molar-refractivity contribution >= 4 is 16.2 Å². The molecule has 92 valence electrons. The van der Waals surface area contributed by atoms with Gasteiger partial charge in [-0.15, -0.1) is 0 Å². The van der Waals surface area contributed by atoms with Crippen LogP contribution in [0.4, 0.5) is 0 Å². The number of hydrogen-bond donors (Lipinski definition) is 1. The van der Waals surface area contributed by atoms with Crippen LogP contribution in [0.2, 0.25) is 0 Å². The second-order valence-electron chi connectivity index (χ2n) is 3.62. The molecule has 0 heterocycles. The number of aromatic hydroxyl groups is 1. The highest BCUT2D eigenvalue weighted by Gasteiger charge is 2.09. The second kappa shape index (κ2) is 5.01. The van der Waals surface area contributed by atoms with E-state index in [2.05, 4.69) is 4.40 Å². The molecule has 0 saturated carbocycles. The average Bonchev–Trinajstić information content (AvgIpc) is 2.38. The molecule has 0 aliphatic heterocycles. The van der Waals surface area contributed by atoms with Gasteiger partial charge in [-0.05, 0) is 29.8 Å². The van der Waals surface area contributed by atoms with E-state index in [0.29, 0.717) is 5.56 Å². The molecule has 0 spiro atoms. The van der Waals surface area contributed by atoms with Crippen LogP contribution in [0.3, 0.4) is 0 Å². The number of rotatable bonds is 3. The average molecular weight is 261 g/mol. The predicted molar refractivity (Wildman–Crippen MR) is 69.3 cm³/mol. The zero-order valence-corrected chi connectivity index (χ0v) is 10.2. The van der Waals surface area contributed by atoms with Crippen LogP contribution in [0.25, 0.3) is 0 Å². The first-order valence-corrected chi connectivity index (χ1v) is 6.66. The number of phenolic OH excluding ortho intramolecular Hbond substituents is 1. The standard InChI is InChI=1S/C13H11NO3S/c15-12-6-4-5-11(9-12)10-14-18(16,17)13-7-2-1-3-8-13/h1-10,15H/b14-10-. The smallest absolute Gasteiger partial charge is 0.282 e. The SMILES string of the molecule is O=S(=O)(/N=C\c1cccc(O)c1)c1ccccc1. The summed E-state index contributed by atoms with van der Waals surface area (Å²) >= 11 is 0. The van der Waals surface area contributed by atoms with Gasteiger partial charge in [0.05, 0.1) is 4.90 Å². The molecule has 4 nitrogen and oxygen atoms in total. The molecule has 2 rings (SSSR count). The summed E-state index contributed by atoms with van der Waals surface area (Å²) in [6.45, 7) is 0. The monoisotopic (exact) mass is 261 g/mol. The lowest BCUT2D eigenvalue weighted by Gasteiger charge is -1.98. The summed E-state index contributed by atoms with van der Waals surface area (Å²) in [6, 6.07) is 14.2. The van der Waals surface area contributed by atoms with Crippen LogP contribution in [0.1, 0.15) is 5.56 Å². The number of hydrogen-bond acceptors (Lipinski definition) is 3. The zero-order valence-electron chi connectivity index (χ0n) is 9.39. The summed E-state index contributed by atoms with van der Waals surface area (Å²) in [4.78, 5) is 0.140. The summed E-state index contributed by atoms with van der Waals surface area (Å²) in [7, 11) is -3.68. The van der Waals surface area contributed by atoms with Crippen molar-refractivity contribution in [3.8, 4) is 5.75 Å². The maximum Gasteiger partial charge on any atom is 0.282 e. The normalized spacial score (nSPS) is 11.8. The minimum atomic E-state index is -3.68. The van der Waals surface area contributed by atoms with Crippen LogP contribution in [-0.2, 0) is 10.0 Å². The number of phenols is 1. The van der Waals surface area contributed by atoms with Gasteiger partial charge < -0.3 is 5.11 Å². The highest BCUT2D eigenvalue weighted by molar-refractivity contribution is 7.90. The molecule has 0 unspecified atom stereocenters. The molecular weight excluding hydrogens is 250 g/mol. The van der Waals surface area contributed by atoms with Crippen molar-refractivity contribution in [1.29, 1.82) is 0 Å². The third-order valence-corrected chi connectivity index (χ3v) is 3.50. The predicted octanol–water partition coefficient (Wildman–Crippen LogP) is 2.20. The zero-order chi connectivity index (χ0) is 13.0. The van der Waals surface area contributed by atoms with E-state index in [1.54, 1.807) is 30.3 Å². The fraction of sp³-hybridized carbons (Fsp3) is 0. The second-order valence-corrected chi connectivity index (χ2v) is 5.25. The molecule has 0 aliphatic carbocycles. The van der Waals surface area contributed by atoms with Crippen LogP contribution >= 0.6 is 0 Å². The maximum absolute atomic E-state index is 11.8. The van der Waals surface area contributed by atoms with E-state index >= 15 is 0 Å². The third kappa shape index (κ3) is 2.95. The Balaban J connectivity index is 2.29. The Kier molecular flexibility index (Phi) is 3.43. The number of sulfonamides is 1. The largest absolute Gasteiger partial charge is 0.508 e. The molecule has 0 radical (unpaired) electrons. The molecule has 18 heavy (non-hydrogen) atoms. The molecule has 0 saturated heterocycles. The molecule has 0 amide bonds. The Morgan fingerprint density at radius 3 is 2.39 bits per heavy atom. The summed E-state index contributed by atoms with van der Waals surface area (Å²) in [6.07, 6.45) is 1.21. The van der Waals surface area contributed by atoms with E-state index in [1.807, 2.05) is 0 Å². The molecule has 1 N–H and O–H groups in total. The van der Waals surface area contributed by atoms with Crippen LogP contribution in [0, 0.1) is 0 Å². The van der Waals surface area contributed by atoms with Gasteiger partial charge in [-0.3, -0.25) is 0 Å². The van der Waals surface area contributed by atoms with Gasteiger partial charge in [0.25, 0.3) is 10.0 Å². The minimum absolute atomic E-state index is 0.0658. The van der Waals surface area contributed by atoms with Gasteiger partial charge in [-0.25, -0.2) is 0 Å². The van der Waals surface area contributed by atoms with E-state index in [1.165, 1.54) is 30.5 Å². The van der Waals surface area contributed by atoms with Crippen molar-refractivity contribution in [2.45, 2.75) is 4.90 Å². The van der Waals surface area contributed by atoms with Crippen LogP contribution in [0.15, 0.2) is 63.9 Å². The molecule has 0 bridgehead atoms. The molecule has 0 atom stereocenters. The topological polar surface area (TPSA) is 66.7 Å². The summed E-state index contributed by atoms with van der Waals surface area (Å²) in [5.41, 5.74) is 0.523. The lowest BCUT2D eigenvalue weighted by atomic mass is 10.2. The van der Waals surface area contributed by atoms with Crippen molar-refractivity contribution in [2.75, 3.05) is 0 Å². The first-order chi connectivity index (χ1) is 8.58. The lowest BCUT2D eigenvalue weighted by molar-refractivity contribution is 0.475. The van der Waals surface area contributed by atoms with E-state index in [9.17, 15) is 13.5 Å². The van der Waals surface area contributed by atoms with Gasteiger partial charge in [-0.1, -0.05) is 30.3 Å². The minimum Gasteiger partial charge on any atom is -0.508 e. The van der Waals surface area contributed by atoms with Gasteiger partial charge in [0.15, 0.2) is 0 Å². The van der Waals surface area contributed by atoms with Gasteiger partial charge in [0, 0.05) is 6.21 Å². The Hall–Kier alpha value is -2.14. The maximum atomic E-state index is 11.8. The van der Waals surface area contributed by atoms with Crippen molar-refractivity contribution in [2.24, 2.45) is 4.40 Å². The van der Waals surface area contributed by atoms with Crippen molar-refractivity contribution < 1.29 is 13.5 Å². The Labute approximate surface area is 105 Å². The van der Waals surface area contributed by atoms with Crippen LogP contribution < -0.4 is 0 Å². The first-order valence-electron chi connectivity index (χ1n) is 5.22. The molecule has 0 aliphatic rings. The van der Waals surface area contributed by atoms with E-state index in [0.717, 1.165) is 0 Å². The van der Waals surface area contributed by atoms with E-state index in [-0.39, 0.29) is 10.6 Å². The van der Waals surface area contributed by atoms with E-state index in [4.69, 9.17) is 0 Å². The van der Waals surface area contributed by atoms with Crippen LogP contribution in [0.5, 0.6) is 5.75 Å². The number of benzene rings is 2. The number of nitrogens with zero attached hydrogens (tertiary/aromatic N) is 1. The molecule has 2 aromatic rings. The fourth-order valence-corrected chi connectivity index (χ4v) is 2.27. The van der Waals surface area contributed by atoms with Gasteiger partial charge >= 0.3 is 0 Å². The summed E-state index contributed by atoms with van der Waals surface area (Å²) in [5.74, 6) is 0.0658. The Morgan fingerprint density at radius 2 is 1.72 bits per heavy atom. The highest BCUT2D eigenvalue weighted by atomic mass is 32.2. The van der Waals surface area contributed by atoms with Gasteiger partial charge in [0.2, 0.25) is 0 Å². The molecule has 5 heteroatoms. The first kappa shape index (κ1) is 12.3. The van der Waals surface area contributed by atoms with E-state index < -0.39 is 10.0 Å². The Bertz CT molecular complexity index is 664. The van der Waals surface area contributed by atoms with Crippen molar-refractivity contribution in [3.05, 3.63) is 60.2 Å². The molecule has 2 aromatic carbocycles.